The molecule has 1 atom stereocenters. The van der Waals surface area contributed by atoms with Gasteiger partial charge in [0.15, 0.2) is 9.84 Å². The lowest BCUT2D eigenvalue weighted by atomic mass is 10.0. The molecule has 9 nitrogen and oxygen atoms in total. The van der Waals surface area contributed by atoms with Crippen LogP contribution in [0, 0.1) is 5.92 Å². The normalized spacial score (nSPS) is 20.0. The number of carbonyl (C=O) groups excluding carboxylic acids is 1. The summed E-state index contributed by atoms with van der Waals surface area (Å²) in [5, 5.41) is 7.69. The van der Waals surface area contributed by atoms with Crippen molar-refractivity contribution in [3.63, 3.8) is 0 Å². The van der Waals surface area contributed by atoms with Gasteiger partial charge in [-0.05, 0) is 43.9 Å². The van der Waals surface area contributed by atoms with E-state index in [9.17, 15) is 17.6 Å². The van der Waals surface area contributed by atoms with Gasteiger partial charge in [-0.25, -0.2) is 12.8 Å². The summed E-state index contributed by atoms with van der Waals surface area (Å²) in [5.74, 6) is 0.212. The number of pyridine rings is 1. The van der Waals surface area contributed by atoms with Crippen LogP contribution in [0.3, 0.4) is 0 Å². The van der Waals surface area contributed by atoms with E-state index in [1.165, 1.54) is 13.1 Å². The van der Waals surface area contributed by atoms with Gasteiger partial charge in [0.1, 0.15) is 17.0 Å². The minimum Gasteiger partial charge on any atom is -0.461 e. The second kappa shape index (κ2) is 9.44. The van der Waals surface area contributed by atoms with Gasteiger partial charge in [-0.2, -0.15) is 5.10 Å². The molecule has 0 spiro atoms. The van der Waals surface area contributed by atoms with Gasteiger partial charge < -0.3 is 14.8 Å². The predicted molar refractivity (Wildman–Crippen MR) is 132 cm³/mol. The summed E-state index contributed by atoms with van der Waals surface area (Å²) >= 11 is 0. The second-order valence-electron chi connectivity index (χ2n) is 9.91. The Morgan fingerprint density at radius 1 is 1.31 bits per heavy atom. The number of sulfone groups is 1. The highest BCUT2D eigenvalue weighted by Crippen LogP contribution is 2.31. The molecular weight excluding hydrogens is 487 g/mol. The molecule has 4 heterocycles. The fourth-order valence-corrected chi connectivity index (χ4v) is 6.94. The Morgan fingerprint density at radius 3 is 2.75 bits per heavy atom. The third-order valence-electron chi connectivity index (χ3n) is 6.52. The van der Waals surface area contributed by atoms with E-state index in [4.69, 9.17) is 14.6 Å². The van der Waals surface area contributed by atoms with Crippen LogP contribution in [0.4, 0.5) is 4.39 Å². The Balaban J connectivity index is 1.51. The summed E-state index contributed by atoms with van der Waals surface area (Å²) < 4.78 is 49.3. The van der Waals surface area contributed by atoms with Gasteiger partial charge in [0.2, 0.25) is 6.36 Å². The maximum absolute atomic E-state index is 13.4. The molecule has 2 aliphatic heterocycles. The van der Waals surface area contributed by atoms with Gasteiger partial charge in [0.25, 0.3) is 5.91 Å². The van der Waals surface area contributed by atoms with Crippen LogP contribution in [0.5, 0.6) is 5.75 Å². The van der Waals surface area contributed by atoms with Gasteiger partial charge in [-0.1, -0.05) is 12.1 Å². The largest absolute Gasteiger partial charge is 0.461 e. The van der Waals surface area contributed by atoms with Crippen molar-refractivity contribution in [1.29, 1.82) is 0 Å². The van der Waals surface area contributed by atoms with E-state index >= 15 is 0 Å². The van der Waals surface area contributed by atoms with E-state index in [0.29, 0.717) is 53.7 Å². The standard InChI is InChI=1S/C25H29FN4O5S/c1-16(26)35-20-5-3-4-18(10-20)22-23-21(30(29-22)13-17-6-8-34-9-7-17)11-19(12-27-23)24(31)28-25(2)14-36(32,33)15-25/h3-5,10-12,16-17H,6-9,13-15H2,1-2H3,(H,28,31). The molecule has 1 N–H and O–H groups in total. The topological polar surface area (TPSA) is 112 Å². The lowest BCUT2D eigenvalue weighted by Gasteiger charge is -2.38. The molecule has 192 valence electrons. The first-order valence-corrected chi connectivity index (χ1v) is 13.8. The lowest BCUT2D eigenvalue weighted by molar-refractivity contribution is 0.0606. The molecule has 5 rings (SSSR count). The molecular formula is C25H29FN4O5S. The van der Waals surface area contributed by atoms with Crippen molar-refractivity contribution in [2.75, 3.05) is 24.7 Å². The summed E-state index contributed by atoms with van der Waals surface area (Å²) in [6.07, 6.45) is 1.85. The van der Waals surface area contributed by atoms with Gasteiger partial charge in [0, 0.05) is 38.4 Å². The number of alkyl halides is 1. The Hall–Kier alpha value is -3.05. The highest BCUT2D eigenvalue weighted by molar-refractivity contribution is 7.93. The Labute approximate surface area is 208 Å². The Bertz CT molecular complexity index is 1390. The zero-order chi connectivity index (χ0) is 25.5. The fourth-order valence-electron chi connectivity index (χ4n) is 4.94. The minimum atomic E-state index is -3.10. The minimum absolute atomic E-state index is 0.0802. The monoisotopic (exact) mass is 516 g/mol. The quantitative estimate of drug-likeness (QED) is 0.513. The third kappa shape index (κ3) is 5.22. The molecule has 2 aliphatic rings. The van der Waals surface area contributed by atoms with Crippen LogP contribution in [0.1, 0.15) is 37.0 Å². The molecule has 0 saturated carbocycles. The number of amides is 1. The average Bonchev–Trinajstić information content (AvgIpc) is 3.15. The molecule has 3 aromatic rings. The van der Waals surface area contributed by atoms with Crippen LogP contribution >= 0.6 is 0 Å². The summed E-state index contributed by atoms with van der Waals surface area (Å²) in [4.78, 5) is 17.6. The number of hydrogen-bond donors (Lipinski definition) is 1. The smallest absolute Gasteiger partial charge is 0.253 e. The molecule has 1 aromatic carbocycles. The number of aromatic nitrogens is 3. The van der Waals surface area contributed by atoms with E-state index in [2.05, 4.69) is 10.3 Å². The van der Waals surface area contributed by atoms with Gasteiger partial charge >= 0.3 is 0 Å². The van der Waals surface area contributed by atoms with Crippen molar-refractivity contribution < 1.29 is 27.1 Å². The van der Waals surface area contributed by atoms with E-state index in [0.717, 1.165) is 18.4 Å². The van der Waals surface area contributed by atoms with Crippen LogP contribution in [0.25, 0.3) is 22.3 Å². The number of halogens is 1. The third-order valence-corrected chi connectivity index (χ3v) is 8.68. The number of ether oxygens (including phenoxy) is 2. The van der Waals surface area contributed by atoms with Crippen LogP contribution < -0.4 is 10.1 Å². The summed E-state index contributed by atoms with van der Waals surface area (Å²) in [7, 11) is -3.10. The Morgan fingerprint density at radius 2 is 2.06 bits per heavy atom. The maximum atomic E-state index is 13.4. The van der Waals surface area contributed by atoms with Gasteiger partial charge in [-0.15, -0.1) is 0 Å². The van der Waals surface area contributed by atoms with Crippen LogP contribution in [0.2, 0.25) is 0 Å². The zero-order valence-electron chi connectivity index (χ0n) is 20.2. The van der Waals surface area contributed by atoms with E-state index in [1.807, 2.05) is 10.7 Å². The molecule has 2 fully saturated rings. The number of nitrogens with zero attached hydrogens (tertiary/aromatic N) is 3. The summed E-state index contributed by atoms with van der Waals surface area (Å²) in [6, 6.07) is 8.77. The van der Waals surface area contributed by atoms with Crippen LogP contribution in [-0.4, -0.2) is 65.7 Å². The maximum Gasteiger partial charge on any atom is 0.253 e. The molecule has 0 bridgehead atoms. The van der Waals surface area contributed by atoms with E-state index in [1.54, 1.807) is 31.2 Å². The molecule has 1 amide bonds. The van der Waals surface area contributed by atoms with Crippen molar-refractivity contribution in [2.45, 2.75) is 45.1 Å². The van der Waals surface area contributed by atoms with E-state index in [-0.39, 0.29) is 17.4 Å². The van der Waals surface area contributed by atoms with Crippen molar-refractivity contribution in [3.8, 4) is 17.0 Å². The Kier molecular flexibility index (Phi) is 6.46. The number of hydrogen-bond acceptors (Lipinski definition) is 7. The highest BCUT2D eigenvalue weighted by Gasteiger charge is 2.45. The SMILES string of the molecule is CC(F)Oc1cccc(-c2nn(CC3CCOCC3)c3cc(C(=O)NC4(C)CS(=O)(=O)C4)cnc23)c1. The molecule has 1 unspecified atom stereocenters. The zero-order valence-corrected chi connectivity index (χ0v) is 21.1. The average molecular weight is 517 g/mol. The fraction of sp³-hybridized carbons (Fsp3) is 0.480. The number of rotatable bonds is 7. The van der Waals surface area contributed by atoms with Crippen molar-refractivity contribution in [1.82, 2.24) is 20.1 Å². The molecule has 0 aliphatic carbocycles. The molecule has 2 aromatic heterocycles. The second-order valence-corrected chi connectivity index (χ2v) is 12.0. The first kappa shape index (κ1) is 24.6. The number of fused-ring (bicyclic) bond motifs is 1. The molecule has 11 heteroatoms. The number of carbonyl (C=O) groups is 1. The van der Waals surface area contributed by atoms with Crippen molar-refractivity contribution in [3.05, 3.63) is 42.1 Å². The first-order valence-electron chi connectivity index (χ1n) is 12.0. The predicted octanol–water partition coefficient (Wildman–Crippen LogP) is 3.14. The molecule has 36 heavy (non-hydrogen) atoms. The van der Waals surface area contributed by atoms with Crippen LogP contribution in [-0.2, 0) is 21.1 Å². The molecule has 2 saturated heterocycles. The number of benzene rings is 1. The van der Waals surface area contributed by atoms with E-state index < -0.39 is 21.7 Å². The van der Waals surface area contributed by atoms with Crippen molar-refractivity contribution >= 4 is 26.8 Å². The van der Waals surface area contributed by atoms with Gasteiger partial charge in [-0.3, -0.25) is 14.5 Å². The highest BCUT2D eigenvalue weighted by atomic mass is 32.2. The molecule has 0 radical (unpaired) electrons. The summed E-state index contributed by atoms with van der Waals surface area (Å²) in [6.45, 7) is 5.08. The first-order chi connectivity index (χ1) is 17.1. The van der Waals surface area contributed by atoms with Gasteiger partial charge in [0.05, 0.1) is 28.1 Å². The summed E-state index contributed by atoms with van der Waals surface area (Å²) in [5.41, 5.74) is 2.18. The van der Waals surface area contributed by atoms with Crippen molar-refractivity contribution in [2.24, 2.45) is 5.92 Å². The number of nitrogens with one attached hydrogen (secondary N) is 1. The van der Waals surface area contributed by atoms with Crippen LogP contribution in [0.15, 0.2) is 36.5 Å². The lowest BCUT2D eigenvalue weighted by Crippen LogP contribution is -2.63.